The molecule has 1 aromatic carbocycles. The van der Waals surface area contributed by atoms with Crippen LogP contribution in [-0.2, 0) is 29.7 Å². The Labute approximate surface area is 181 Å². The standard InChI is InChI=1S/C21H27N3O6S/c1-31(27,28)24-6-4-15(5-7-24)13-30-21-14-29-19(9-20(21)25)12-23-10-16-2-3-18(22-26)8-17(16)11-23/h2-3,8-9,14-15H,4-7,10-13,22H2,1H3. The first-order valence-corrected chi connectivity index (χ1v) is 12.2. The van der Waals surface area contributed by atoms with E-state index in [1.165, 1.54) is 28.5 Å². The molecule has 0 bridgehead atoms. The van der Waals surface area contributed by atoms with Crippen molar-refractivity contribution in [2.45, 2.75) is 32.5 Å². The summed E-state index contributed by atoms with van der Waals surface area (Å²) in [5.41, 5.74) is 3.57. The summed E-state index contributed by atoms with van der Waals surface area (Å²) < 4.78 is 36.0. The molecule has 1 aromatic heterocycles. The Morgan fingerprint density at radius 3 is 2.61 bits per heavy atom. The molecule has 3 heterocycles. The number of benzene rings is 1. The summed E-state index contributed by atoms with van der Waals surface area (Å²) in [6, 6.07) is 7.14. The number of piperidine rings is 1. The van der Waals surface area contributed by atoms with Gasteiger partial charge in [0.1, 0.15) is 17.7 Å². The molecule has 1 fully saturated rings. The Kier molecular flexibility index (Phi) is 6.44. The van der Waals surface area contributed by atoms with Crippen LogP contribution in [0.3, 0.4) is 0 Å². The minimum atomic E-state index is -3.15. The maximum absolute atomic E-state index is 12.4. The van der Waals surface area contributed by atoms with Crippen molar-refractivity contribution >= 4 is 15.7 Å². The molecule has 2 N–H and O–H groups in total. The Hall–Kier alpha value is -2.24. The highest BCUT2D eigenvalue weighted by molar-refractivity contribution is 7.88. The minimum absolute atomic E-state index is 0.176. The molecular weight excluding hydrogens is 422 g/mol. The largest absolute Gasteiger partial charge is 0.630 e. The van der Waals surface area contributed by atoms with Crippen molar-refractivity contribution < 1.29 is 23.1 Å². The Morgan fingerprint density at radius 2 is 1.94 bits per heavy atom. The SMILES string of the molecule is CS(=O)(=O)N1CCC(COc2coc(CN3Cc4ccc([NH2+][O-])cc4C3)cc2=O)CC1. The summed E-state index contributed by atoms with van der Waals surface area (Å²) in [6.45, 7) is 3.25. The van der Waals surface area contributed by atoms with Gasteiger partial charge in [-0.3, -0.25) is 9.69 Å². The molecule has 168 valence electrons. The van der Waals surface area contributed by atoms with E-state index in [0.717, 1.165) is 17.6 Å². The van der Waals surface area contributed by atoms with Crippen LogP contribution >= 0.6 is 0 Å². The molecule has 0 amide bonds. The van der Waals surface area contributed by atoms with Crippen molar-refractivity contribution in [3.8, 4) is 5.75 Å². The van der Waals surface area contributed by atoms with Crippen molar-refractivity contribution in [2.75, 3.05) is 26.0 Å². The quantitative estimate of drug-likeness (QED) is 0.493. The predicted molar refractivity (Wildman–Crippen MR) is 114 cm³/mol. The van der Waals surface area contributed by atoms with Gasteiger partial charge in [-0.2, -0.15) is 0 Å². The molecule has 2 aromatic rings. The highest BCUT2D eigenvalue weighted by atomic mass is 32.2. The first kappa shape index (κ1) is 22.0. The fraction of sp³-hybridized carbons (Fsp3) is 0.476. The number of hydrogen-bond acceptors (Lipinski definition) is 7. The molecule has 0 radical (unpaired) electrons. The lowest BCUT2D eigenvalue weighted by molar-refractivity contribution is -0.497. The lowest BCUT2D eigenvalue weighted by atomic mass is 9.99. The summed E-state index contributed by atoms with van der Waals surface area (Å²) in [6.07, 6.45) is 3.99. The number of quaternary nitrogens is 1. The molecule has 0 saturated carbocycles. The lowest BCUT2D eigenvalue weighted by Crippen LogP contribution is -2.70. The third-order valence-electron chi connectivity index (χ3n) is 5.90. The zero-order valence-electron chi connectivity index (χ0n) is 17.5. The van der Waals surface area contributed by atoms with Gasteiger partial charge in [0.05, 0.1) is 19.4 Å². The second kappa shape index (κ2) is 9.09. The summed E-state index contributed by atoms with van der Waals surface area (Å²) in [7, 11) is -3.15. The second-order valence-electron chi connectivity index (χ2n) is 8.28. The van der Waals surface area contributed by atoms with Crippen molar-refractivity contribution in [2.24, 2.45) is 5.92 Å². The summed E-state index contributed by atoms with van der Waals surface area (Å²) >= 11 is 0. The number of nitrogens with zero attached hydrogens (tertiary/aromatic N) is 2. The Bertz CT molecular complexity index is 1090. The molecule has 2 aliphatic heterocycles. The van der Waals surface area contributed by atoms with E-state index in [-0.39, 0.29) is 17.1 Å². The monoisotopic (exact) mass is 449 g/mol. The van der Waals surface area contributed by atoms with Crippen molar-refractivity contribution in [1.82, 2.24) is 9.21 Å². The molecule has 1 saturated heterocycles. The van der Waals surface area contributed by atoms with Crippen LogP contribution in [-0.4, -0.2) is 43.6 Å². The third kappa shape index (κ3) is 5.34. The van der Waals surface area contributed by atoms with Gasteiger partial charge in [0, 0.05) is 38.3 Å². The average Bonchev–Trinajstić information content (AvgIpc) is 3.14. The van der Waals surface area contributed by atoms with Gasteiger partial charge < -0.3 is 19.8 Å². The van der Waals surface area contributed by atoms with Crippen molar-refractivity contribution in [3.05, 3.63) is 62.8 Å². The number of hydrogen-bond donors (Lipinski definition) is 1. The normalized spacial score (nSPS) is 18.3. The summed E-state index contributed by atoms with van der Waals surface area (Å²) in [4.78, 5) is 14.6. The van der Waals surface area contributed by atoms with Gasteiger partial charge in [-0.15, -0.1) is 0 Å². The van der Waals surface area contributed by atoms with E-state index < -0.39 is 10.0 Å². The summed E-state index contributed by atoms with van der Waals surface area (Å²) in [5, 5.41) is 11.0. The van der Waals surface area contributed by atoms with E-state index in [2.05, 4.69) is 4.90 Å². The fourth-order valence-electron chi connectivity index (χ4n) is 4.13. The molecule has 31 heavy (non-hydrogen) atoms. The van der Waals surface area contributed by atoms with Crippen LogP contribution in [0.1, 0.15) is 29.7 Å². The summed E-state index contributed by atoms with van der Waals surface area (Å²) in [5.74, 6) is 0.938. The number of rotatable bonds is 7. The van der Waals surface area contributed by atoms with Gasteiger partial charge in [-0.05, 0) is 36.0 Å². The number of fused-ring (bicyclic) bond motifs is 1. The molecule has 0 spiro atoms. The highest BCUT2D eigenvalue weighted by Crippen LogP contribution is 2.26. The Balaban J connectivity index is 1.29. The van der Waals surface area contributed by atoms with Gasteiger partial charge in [-0.1, -0.05) is 6.07 Å². The molecule has 0 unspecified atom stereocenters. The van der Waals surface area contributed by atoms with Gasteiger partial charge in [0.25, 0.3) is 0 Å². The van der Waals surface area contributed by atoms with E-state index in [1.807, 2.05) is 18.2 Å². The molecule has 10 heteroatoms. The Morgan fingerprint density at radius 1 is 1.19 bits per heavy atom. The van der Waals surface area contributed by atoms with E-state index >= 15 is 0 Å². The number of ether oxygens (including phenoxy) is 1. The van der Waals surface area contributed by atoms with Crippen LogP contribution in [0.4, 0.5) is 5.69 Å². The molecule has 4 rings (SSSR count). The number of nitrogens with two attached hydrogens (primary N) is 1. The predicted octanol–water partition coefficient (Wildman–Crippen LogP) is 0.899. The van der Waals surface area contributed by atoms with Crippen LogP contribution in [0.25, 0.3) is 0 Å². The van der Waals surface area contributed by atoms with Crippen molar-refractivity contribution in [1.29, 1.82) is 0 Å². The number of sulfonamides is 1. The zero-order valence-corrected chi connectivity index (χ0v) is 18.3. The molecule has 0 atom stereocenters. The first-order chi connectivity index (χ1) is 14.8. The van der Waals surface area contributed by atoms with Crippen LogP contribution in [0.5, 0.6) is 5.75 Å². The third-order valence-corrected chi connectivity index (χ3v) is 7.21. The zero-order chi connectivity index (χ0) is 22.0. The first-order valence-electron chi connectivity index (χ1n) is 10.3. The van der Waals surface area contributed by atoms with Crippen LogP contribution in [0, 0.1) is 11.1 Å². The molecular formula is C21H27N3O6S. The molecule has 9 nitrogen and oxygen atoms in total. The van der Waals surface area contributed by atoms with Gasteiger partial charge in [0.2, 0.25) is 21.2 Å². The van der Waals surface area contributed by atoms with E-state index in [0.29, 0.717) is 57.1 Å². The van der Waals surface area contributed by atoms with Crippen LogP contribution in [0.15, 0.2) is 39.7 Å². The minimum Gasteiger partial charge on any atom is -0.630 e. The van der Waals surface area contributed by atoms with E-state index in [1.54, 1.807) is 0 Å². The van der Waals surface area contributed by atoms with Crippen LogP contribution < -0.4 is 15.6 Å². The molecule has 0 aliphatic carbocycles. The molecule has 2 aliphatic rings. The van der Waals surface area contributed by atoms with E-state index in [9.17, 15) is 18.4 Å². The average molecular weight is 450 g/mol. The smallest absolute Gasteiger partial charge is 0.227 e. The maximum Gasteiger partial charge on any atom is 0.227 e. The fourth-order valence-corrected chi connectivity index (χ4v) is 5.01. The second-order valence-corrected chi connectivity index (χ2v) is 10.3. The van der Waals surface area contributed by atoms with Gasteiger partial charge in [0.15, 0.2) is 0 Å². The van der Waals surface area contributed by atoms with Crippen molar-refractivity contribution in [3.63, 3.8) is 0 Å². The van der Waals surface area contributed by atoms with Gasteiger partial charge in [-0.25, -0.2) is 12.7 Å². The van der Waals surface area contributed by atoms with Crippen LogP contribution in [0.2, 0.25) is 0 Å². The van der Waals surface area contributed by atoms with Gasteiger partial charge >= 0.3 is 0 Å². The van der Waals surface area contributed by atoms with E-state index in [4.69, 9.17) is 9.15 Å². The topological polar surface area (TPSA) is 120 Å². The highest BCUT2D eigenvalue weighted by Gasteiger charge is 2.25. The lowest BCUT2D eigenvalue weighted by Gasteiger charge is -2.29. The maximum atomic E-state index is 12.4.